The predicted molar refractivity (Wildman–Crippen MR) is 94.5 cm³/mol. The van der Waals surface area contributed by atoms with E-state index < -0.39 is 6.04 Å². The first kappa shape index (κ1) is 16.7. The summed E-state index contributed by atoms with van der Waals surface area (Å²) in [4.78, 5) is 14.9. The first-order valence-electron chi connectivity index (χ1n) is 8.59. The molecule has 2 N–H and O–H groups in total. The van der Waals surface area contributed by atoms with Crippen LogP contribution in [0, 0.1) is 13.8 Å². The van der Waals surface area contributed by atoms with Crippen molar-refractivity contribution in [3.8, 4) is 0 Å². The number of likely N-dealkylation sites (tertiary alicyclic amines) is 1. The molecule has 0 spiro atoms. The highest BCUT2D eigenvalue weighted by molar-refractivity contribution is 5.82. The van der Waals surface area contributed by atoms with E-state index >= 15 is 0 Å². The molecule has 2 atom stereocenters. The SMILES string of the molecule is Cc1nn(C)c(C)c1C1CCCN1C(=O)C(N)Cc1ccccc1. The van der Waals surface area contributed by atoms with E-state index in [-0.39, 0.29) is 11.9 Å². The van der Waals surface area contributed by atoms with E-state index in [1.165, 1.54) is 5.56 Å². The van der Waals surface area contributed by atoms with E-state index in [0.29, 0.717) is 6.42 Å². The second-order valence-electron chi connectivity index (χ2n) is 6.69. The molecule has 0 radical (unpaired) electrons. The van der Waals surface area contributed by atoms with Crippen molar-refractivity contribution in [2.24, 2.45) is 12.8 Å². The van der Waals surface area contributed by atoms with Gasteiger partial charge in [0.1, 0.15) is 0 Å². The van der Waals surface area contributed by atoms with Crippen molar-refractivity contribution in [2.45, 2.75) is 45.2 Å². The first-order chi connectivity index (χ1) is 11.5. The van der Waals surface area contributed by atoms with Crippen LogP contribution in [0.15, 0.2) is 30.3 Å². The topological polar surface area (TPSA) is 64.2 Å². The highest BCUT2D eigenvalue weighted by Crippen LogP contribution is 2.35. The van der Waals surface area contributed by atoms with Crippen LogP contribution >= 0.6 is 0 Å². The Bertz CT molecular complexity index is 722. The molecular formula is C19H26N4O. The normalized spacial score (nSPS) is 18.8. The Kier molecular flexibility index (Phi) is 4.71. The number of aromatic nitrogens is 2. The van der Waals surface area contributed by atoms with Gasteiger partial charge >= 0.3 is 0 Å². The minimum absolute atomic E-state index is 0.0454. The van der Waals surface area contributed by atoms with E-state index in [1.807, 2.05) is 53.9 Å². The maximum Gasteiger partial charge on any atom is 0.240 e. The largest absolute Gasteiger partial charge is 0.334 e. The van der Waals surface area contributed by atoms with E-state index in [1.54, 1.807) is 0 Å². The molecule has 3 rings (SSSR count). The molecule has 1 amide bonds. The molecule has 1 saturated heterocycles. The van der Waals surface area contributed by atoms with Gasteiger partial charge in [0.15, 0.2) is 0 Å². The van der Waals surface area contributed by atoms with Gasteiger partial charge in [0, 0.05) is 24.8 Å². The molecule has 0 aliphatic carbocycles. The van der Waals surface area contributed by atoms with E-state index in [4.69, 9.17) is 5.73 Å². The fourth-order valence-electron chi connectivity index (χ4n) is 3.77. The lowest BCUT2D eigenvalue weighted by molar-refractivity contribution is -0.133. The van der Waals surface area contributed by atoms with Crippen LogP contribution in [-0.4, -0.2) is 33.2 Å². The number of carbonyl (C=O) groups excluding carboxylic acids is 1. The Morgan fingerprint density at radius 3 is 2.67 bits per heavy atom. The lowest BCUT2D eigenvalue weighted by atomic mass is 10.0. The number of nitrogens with two attached hydrogens (primary N) is 1. The summed E-state index contributed by atoms with van der Waals surface area (Å²) < 4.78 is 1.90. The van der Waals surface area contributed by atoms with Crippen LogP contribution in [-0.2, 0) is 18.3 Å². The van der Waals surface area contributed by atoms with Gasteiger partial charge in [0.2, 0.25) is 5.91 Å². The third-order valence-corrected chi connectivity index (χ3v) is 5.05. The predicted octanol–water partition coefficient (Wildman–Crippen LogP) is 2.27. The van der Waals surface area contributed by atoms with Gasteiger partial charge in [-0.15, -0.1) is 0 Å². The van der Waals surface area contributed by atoms with Crippen molar-refractivity contribution < 1.29 is 4.79 Å². The van der Waals surface area contributed by atoms with E-state index in [0.717, 1.165) is 36.3 Å². The third kappa shape index (κ3) is 3.08. The Labute approximate surface area is 143 Å². The summed E-state index contributed by atoms with van der Waals surface area (Å²) in [5.74, 6) is 0.0454. The Morgan fingerprint density at radius 1 is 1.33 bits per heavy atom. The van der Waals surface area contributed by atoms with Crippen molar-refractivity contribution in [2.75, 3.05) is 6.54 Å². The fraction of sp³-hybridized carbons (Fsp3) is 0.474. The Morgan fingerprint density at radius 2 is 2.04 bits per heavy atom. The van der Waals surface area contributed by atoms with Gasteiger partial charge in [0.05, 0.1) is 17.8 Å². The summed E-state index contributed by atoms with van der Waals surface area (Å²) in [5.41, 5.74) is 10.7. The second-order valence-corrected chi connectivity index (χ2v) is 6.69. The molecule has 1 aliphatic rings. The van der Waals surface area contributed by atoms with E-state index in [2.05, 4.69) is 12.0 Å². The average Bonchev–Trinajstić information content (AvgIpc) is 3.12. The molecule has 128 valence electrons. The molecule has 24 heavy (non-hydrogen) atoms. The minimum atomic E-state index is -0.495. The maximum atomic E-state index is 12.9. The zero-order chi connectivity index (χ0) is 17.3. The van der Waals surface area contributed by atoms with Gasteiger partial charge in [-0.1, -0.05) is 30.3 Å². The summed E-state index contributed by atoms with van der Waals surface area (Å²) in [6.45, 7) is 4.87. The Balaban J connectivity index is 1.78. The van der Waals surface area contributed by atoms with Gasteiger partial charge in [0.25, 0.3) is 0 Å². The lowest BCUT2D eigenvalue weighted by Gasteiger charge is -2.28. The molecular weight excluding hydrogens is 300 g/mol. The number of hydrogen-bond donors (Lipinski definition) is 1. The maximum absolute atomic E-state index is 12.9. The van der Waals surface area contributed by atoms with Crippen LogP contribution in [0.25, 0.3) is 0 Å². The molecule has 1 aromatic carbocycles. The van der Waals surface area contributed by atoms with Crippen molar-refractivity contribution in [1.82, 2.24) is 14.7 Å². The highest BCUT2D eigenvalue weighted by Gasteiger charge is 2.35. The van der Waals surface area contributed by atoms with Gasteiger partial charge in [-0.2, -0.15) is 5.10 Å². The summed E-state index contributed by atoms with van der Waals surface area (Å²) >= 11 is 0. The minimum Gasteiger partial charge on any atom is -0.334 e. The zero-order valence-corrected chi connectivity index (χ0v) is 14.7. The standard InChI is InChI=1S/C19H26N4O/c1-13-18(14(2)22(3)21-13)17-10-7-11-23(17)19(24)16(20)12-15-8-5-4-6-9-15/h4-6,8-9,16-17H,7,10-12,20H2,1-3H3. The molecule has 1 aromatic heterocycles. The van der Waals surface area contributed by atoms with Crippen LogP contribution in [0.3, 0.4) is 0 Å². The molecule has 0 saturated carbocycles. The fourth-order valence-corrected chi connectivity index (χ4v) is 3.77. The van der Waals surface area contributed by atoms with Crippen molar-refractivity contribution >= 4 is 5.91 Å². The molecule has 2 heterocycles. The average molecular weight is 326 g/mol. The van der Waals surface area contributed by atoms with E-state index in [9.17, 15) is 4.79 Å². The van der Waals surface area contributed by atoms with Crippen LogP contribution in [0.2, 0.25) is 0 Å². The van der Waals surface area contributed by atoms with Crippen LogP contribution in [0.4, 0.5) is 0 Å². The Hall–Kier alpha value is -2.14. The number of hydrogen-bond acceptors (Lipinski definition) is 3. The molecule has 1 aliphatic heterocycles. The zero-order valence-electron chi connectivity index (χ0n) is 14.7. The number of rotatable bonds is 4. The molecule has 5 nitrogen and oxygen atoms in total. The molecule has 0 bridgehead atoms. The van der Waals surface area contributed by atoms with Crippen molar-refractivity contribution in [1.29, 1.82) is 0 Å². The quantitative estimate of drug-likeness (QED) is 0.937. The third-order valence-electron chi connectivity index (χ3n) is 5.05. The van der Waals surface area contributed by atoms with Gasteiger partial charge in [-0.25, -0.2) is 0 Å². The number of benzene rings is 1. The highest BCUT2D eigenvalue weighted by atomic mass is 16.2. The first-order valence-corrected chi connectivity index (χ1v) is 8.59. The smallest absolute Gasteiger partial charge is 0.240 e. The van der Waals surface area contributed by atoms with Crippen LogP contribution < -0.4 is 5.73 Å². The molecule has 5 heteroatoms. The van der Waals surface area contributed by atoms with Crippen molar-refractivity contribution in [3.05, 3.63) is 52.8 Å². The van der Waals surface area contributed by atoms with Crippen LogP contribution in [0.1, 0.15) is 41.4 Å². The van der Waals surface area contributed by atoms with Crippen molar-refractivity contribution in [3.63, 3.8) is 0 Å². The monoisotopic (exact) mass is 326 g/mol. The molecule has 1 fully saturated rings. The number of carbonyl (C=O) groups is 1. The summed E-state index contributed by atoms with van der Waals surface area (Å²) in [7, 11) is 1.95. The van der Waals surface area contributed by atoms with Crippen LogP contribution in [0.5, 0.6) is 0 Å². The van der Waals surface area contributed by atoms with Gasteiger partial charge in [-0.05, 0) is 38.7 Å². The van der Waals surface area contributed by atoms with Gasteiger partial charge in [-0.3, -0.25) is 9.48 Å². The second kappa shape index (κ2) is 6.77. The molecule has 2 unspecified atom stereocenters. The summed E-state index contributed by atoms with van der Waals surface area (Å²) in [6, 6.07) is 9.58. The summed E-state index contributed by atoms with van der Waals surface area (Å²) in [5, 5.41) is 4.51. The summed E-state index contributed by atoms with van der Waals surface area (Å²) in [6.07, 6.45) is 2.58. The molecule has 2 aromatic rings. The number of aryl methyl sites for hydroxylation is 2. The number of nitrogens with zero attached hydrogens (tertiary/aromatic N) is 3. The number of amides is 1. The van der Waals surface area contributed by atoms with Gasteiger partial charge < -0.3 is 10.6 Å². The lowest BCUT2D eigenvalue weighted by Crippen LogP contribution is -2.44.